The highest BCUT2D eigenvalue weighted by molar-refractivity contribution is 6.34. The van der Waals surface area contributed by atoms with Crippen LogP contribution in [0.5, 0.6) is 0 Å². The summed E-state index contributed by atoms with van der Waals surface area (Å²) in [6, 6.07) is 17.3. The van der Waals surface area contributed by atoms with Crippen molar-refractivity contribution in [1.29, 1.82) is 0 Å². The number of Topliss-reactive ketones (excluding diaryl/α,β-unsaturated/α-hetero) is 1. The standard InChI is InChI=1S/C24H28N2O2/c1-2-3-4-5-11-16-26-22-15-10-9-14-20(22)23(27)21(24(26)28)18-25-17-19-12-7-6-8-13-19/h6-10,12-15,18,25H,2-5,11,16-17H2,1H3/b21-18+. The van der Waals surface area contributed by atoms with E-state index >= 15 is 0 Å². The summed E-state index contributed by atoms with van der Waals surface area (Å²) in [6.07, 6.45) is 7.22. The van der Waals surface area contributed by atoms with Gasteiger partial charge in [0.05, 0.1) is 5.69 Å². The molecule has 0 atom stereocenters. The Labute approximate surface area is 167 Å². The largest absolute Gasteiger partial charge is 0.386 e. The Morgan fingerprint density at radius 3 is 2.39 bits per heavy atom. The number of amides is 1. The van der Waals surface area contributed by atoms with Gasteiger partial charge in [-0.15, -0.1) is 0 Å². The third-order valence-electron chi connectivity index (χ3n) is 5.04. The van der Waals surface area contributed by atoms with Crippen molar-refractivity contribution in [1.82, 2.24) is 5.32 Å². The Kier molecular flexibility index (Phi) is 7.01. The molecule has 1 heterocycles. The van der Waals surface area contributed by atoms with Crippen LogP contribution in [0.1, 0.15) is 54.9 Å². The van der Waals surface area contributed by atoms with Gasteiger partial charge >= 0.3 is 0 Å². The number of carbonyl (C=O) groups is 2. The lowest BCUT2D eigenvalue weighted by atomic mass is 9.95. The number of benzene rings is 2. The normalized spacial score (nSPS) is 15.0. The van der Waals surface area contributed by atoms with E-state index in [1.807, 2.05) is 48.5 Å². The van der Waals surface area contributed by atoms with Crippen LogP contribution in [0, 0.1) is 0 Å². The van der Waals surface area contributed by atoms with E-state index in [-0.39, 0.29) is 17.3 Å². The van der Waals surface area contributed by atoms with Crippen LogP contribution in [0.2, 0.25) is 0 Å². The van der Waals surface area contributed by atoms with E-state index in [1.165, 1.54) is 19.3 Å². The maximum absolute atomic E-state index is 13.1. The molecule has 0 aliphatic carbocycles. The van der Waals surface area contributed by atoms with Crippen LogP contribution in [-0.4, -0.2) is 18.2 Å². The molecule has 3 rings (SSSR count). The lowest BCUT2D eigenvalue weighted by molar-refractivity contribution is -0.115. The van der Waals surface area contributed by atoms with E-state index in [1.54, 1.807) is 17.2 Å². The van der Waals surface area contributed by atoms with Crippen molar-refractivity contribution in [2.45, 2.75) is 45.6 Å². The molecule has 2 aromatic rings. The molecule has 0 radical (unpaired) electrons. The number of rotatable bonds is 9. The molecular formula is C24H28N2O2. The summed E-state index contributed by atoms with van der Waals surface area (Å²) >= 11 is 0. The zero-order valence-electron chi connectivity index (χ0n) is 16.5. The Hall–Kier alpha value is -2.88. The van der Waals surface area contributed by atoms with E-state index in [4.69, 9.17) is 0 Å². The van der Waals surface area contributed by atoms with E-state index in [0.717, 1.165) is 24.1 Å². The molecule has 1 aliphatic heterocycles. The maximum atomic E-state index is 13.1. The van der Waals surface area contributed by atoms with Gasteiger partial charge in [-0.3, -0.25) is 9.59 Å². The summed E-state index contributed by atoms with van der Waals surface area (Å²) in [4.78, 5) is 27.7. The van der Waals surface area contributed by atoms with Crippen molar-refractivity contribution in [2.24, 2.45) is 0 Å². The molecule has 0 unspecified atom stereocenters. The fraction of sp³-hybridized carbons (Fsp3) is 0.333. The molecule has 0 aromatic heterocycles. The summed E-state index contributed by atoms with van der Waals surface area (Å²) in [7, 11) is 0. The second kappa shape index (κ2) is 9.88. The smallest absolute Gasteiger partial charge is 0.263 e. The lowest BCUT2D eigenvalue weighted by Crippen LogP contribution is -2.40. The number of carbonyl (C=O) groups excluding carboxylic acids is 2. The molecule has 146 valence electrons. The second-order valence-corrected chi connectivity index (χ2v) is 7.14. The molecule has 1 aliphatic rings. The third-order valence-corrected chi connectivity index (χ3v) is 5.04. The van der Waals surface area contributed by atoms with E-state index in [0.29, 0.717) is 18.7 Å². The Bertz CT molecular complexity index is 843. The molecular weight excluding hydrogens is 348 g/mol. The molecule has 0 saturated heterocycles. The first-order chi connectivity index (χ1) is 13.7. The van der Waals surface area contributed by atoms with Crippen molar-refractivity contribution < 1.29 is 9.59 Å². The number of fused-ring (bicyclic) bond motifs is 1. The zero-order chi connectivity index (χ0) is 19.8. The van der Waals surface area contributed by atoms with E-state index in [2.05, 4.69) is 12.2 Å². The van der Waals surface area contributed by atoms with Crippen LogP contribution in [-0.2, 0) is 11.3 Å². The number of nitrogens with zero attached hydrogens (tertiary/aromatic N) is 1. The fourth-order valence-electron chi connectivity index (χ4n) is 3.49. The monoisotopic (exact) mass is 376 g/mol. The van der Waals surface area contributed by atoms with Crippen molar-refractivity contribution in [3.8, 4) is 0 Å². The fourth-order valence-corrected chi connectivity index (χ4v) is 3.49. The minimum atomic E-state index is -0.209. The first-order valence-corrected chi connectivity index (χ1v) is 10.2. The average Bonchev–Trinajstić information content (AvgIpc) is 2.73. The first kappa shape index (κ1) is 19.9. The summed E-state index contributed by atoms with van der Waals surface area (Å²) in [6.45, 7) is 3.40. The molecule has 0 bridgehead atoms. The topological polar surface area (TPSA) is 49.4 Å². The van der Waals surface area contributed by atoms with E-state index in [9.17, 15) is 9.59 Å². The maximum Gasteiger partial charge on any atom is 0.263 e. The molecule has 0 fully saturated rings. The van der Waals surface area contributed by atoms with Gasteiger partial charge in [-0.2, -0.15) is 0 Å². The molecule has 1 amide bonds. The number of ketones is 1. The van der Waals surface area contributed by atoms with Gasteiger partial charge in [0, 0.05) is 24.9 Å². The number of para-hydroxylation sites is 1. The predicted octanol–water partition coefficient (Wildman–Crippen LogP) is 4.86. The average molecular weight is 377 g/mol. The minimum absolute atomic E-state index is 0.205. The Morgan fingerprint density at radius 2 is 1.61 bits per heavy atom. The van der Waals surface area contributed by atoms with Crippen molar-refractivity contribution in [2.75, 3.05) is 11.4 Å². The number of unbranched alkanes of at least 4 members (excludes halogenated alkanes) is 4. The van der Waals surface area contributed by atoms with Gasteiger partial charge in [-0.05, 0) is 24.1 Å². The number of hydrogen-bond donors (Lipinski definition) is 1. The highest BCUT2D eigenvalue weighted by Crippen LogP contribution is 2.30. The van der Waals surface area contributed by atoms with Crippen molar-refractivity contribution in [3.05, 3.63) is 77.5 Å². The van der Waals surface area contributed by atoms with Crippen LogP contribution in [0.4, 0.5) is 5.69 Å². The Balaban J connectivity index is 1.75. The van der Waals surface area contributed by atoms with Crippen LogP contribution >= 0.6 is 0 Å². The van der Waals surface area contributed by atoms with Gasteiger partial charge in [0.1, 0.15) is 5.57 Å². The highest BCUT2D eigenvalue weighted by atomic mass is 16.2. The quantitative estimate of drug-likeness (QED) is 0.386. The predicted molar refractivity (Wildman–Crippen MR) is 113 cm³/mol. The number of hydrogen-bond acceptors (Lipinski definition) is 3. The highest BCUT2D eigenvalue weighted by Gasteiger charge is 2.34. The summed E-state index contributed by atoms with van der Waals surface area (Å²) in [5, 5.41) is 3.14. The van der Waals surface area contributed by atoms with Gasteiger partial charge in [0.25, 0.3) is 5.91 Å². The molecule has 0 spiro atoms. The van der Waals surface area contributed by atoms with Gasteiger partial charge in [-0.25, -0.2) is 0 Å². The van der Waals surface area contributed by atoms with Gasteiger partial charge in [-0.1, -0.05) is 75.1 Å². The summed E-state index contributed by atoms with van der Waals surface area (Å²) in [5.74, 6) is -0.414. The van der Waals surface area contributed by atoms with Crippen LogP contribution in [0.3, 0.4) is 0 Å². The molecule has 4 heteroatoms. The van der Waals surface area contributed by atoms with Gasteiger partial charge in [0.15, 0.2) is 0 Å². The molecule has 0 saturated carbocycles. The summed E-state index contributed by atoms with van der Waals surface area (Å²) in [5.41, 5.74) is 2.64. The van der Waals surface area contributed by atoms with Crippen molar-refractivity contribution >= 4 is 17.4 Å². The first-order valence-electron chi connectivity index (χ1n) is 10.2. The van der Waals surface area contributed by atoms with Crippen LogP contribution in [0.15, 0.2) is 66.4 Å². The number of anilines is 1. The molecule has 2 aromatic carbocycles. The van der Waals surface area contributed by atoms with Gasteiger partial charge in [0.2, 0.25) is 5.78 Å². The minimum Gasteiger partial charge on any atom is -0.386 e. The molecule has 28 heavy (non-hydrogen) atoms. The van der Waals surface area contributed by atoms with Crippen LogP contribution < -0.4 is 10.2 Å². The van der Waals surface area contributed by atoms with E-state index < -0.39 is 0 Å². The molecule has 1 N–H and O–H groups in total. The van der Waals surface area contributed by atoms with Gasteiger partial charge < -0.3 is 10.2 Å². The summed E-state index contributed by atoms with van der Waals surface area (Å²) < 4.78 is 0. The van der Waals surface area contributed by atoms with Crippen molar-refractivity contribution in [3.63, 3.8) is 0 Å². The molecule has 4 nitrogen and oxygen atoms in total. The second-order valence-electron chi connectivity index (χ2n) is 7.14. The van der Waals surface area contributed by atoms with Crippen LogP contribution in [0.25, 0.3) is 0 Å². The Morgan fingerprint density at radius 1 is 0.893 bits per heavy atom. The lowest BCUT2D eigenvalue weighted by Gasteiger charge is -2.30. The number of nitrogens with one attached hydrogen (secondary N) is 1. The zero-order valence-corrected chi connectivity index (χ0v) is 16.5. The SMILES string of the molecule is CCCCCCCN1C(=O)/C(=C/NCc2ccccc2)C(=O)c2ccccc21. The third kappa shape index (κ3) is 4.69.